The highest BCUT2D eigenvalue weighted by molar-refractivity contribution is 5.87. The van der Waals surface area contributed by atoms with Crippen molar-refractivity contribution in [2.75, 3.05) is 6.54 Å². The van der Waals surface area contributed by atoms with Crippen LogP contribution in [0.2, 0.25) is 0 Å². The molecular weight excluding hydrogens is 592 g/mol. The Hall–Kier alpha value is -2.69. The number of rotatable bonds is 7. The van der Waals surface area contributed by atoms with E-state index >= 15 is 0 Å². The number of hydrogen-bond acceptors (Lipinski definition) is 3. The molecule has 260 valence electrons. The number of nitrogens with one attached hydrogen (secondary N) is 1. The van der Waals surface area contributed by atoms with Crippen LogP contribution in [-0.4, -0.2) is 28.5 Å². The number of carboxylic acid groups (broad SMARTS) is 1. The van der Waals surface area contributed by atoms with Gasteiger partial charge >= 0.3 is 5.97 Å². The molecule has 1 unspecified atom stereocenters. The molecule has 7 rings (SSSR count). The van der Waals surface area contributed by atoms with Gasteiger partial charge in [0, 0.05) is 24.9 Å². The second-order valence-corrected chi connectivity index (χ2v) is 18.3. The minimum absolute atomic E-state index is 0.156. The van der Waals surface area contributed by atoms with E-state index in [0.29, 0.717) is 64.4 Å². The number of aromatic nitrogens is 1. The van der Waals surface area contributed by atoms with E-state index in [-0.39, 0.29) is 10.8 Å². The van der Waals surface area contributed by atoms with Gasteiger partial charge < -0.3 is 10.4 Å². The van der Waals surface area contributed by atoms with Gasteiger partial charge in [0.2, 0.25) is 5.91 Å². The summed E-state index contributed by atoms with van der Waals surface area (Å²) >= 11 is 0. The molecule has 2 aromatic rings. The first-order valence-corrected chi connectivity index (χ1v) is 19.3. The highest BCUT2D eigenvalue weighted by atomic mass is 16.4. The lowest BCUT2D eigenvalue weighted by Crippen LogP contribution is -2.63. The normalized spacial score (nSPS) is 39.9. The van der Waals surface area contributed by atoms with Crippen LogP contribution in [-0.2, 0) is 11.2 Å². The zero-order valence-corrected chi connectivity index (χ0v) is 30.4. The van der Waals surface area contributed by atoms with Gasteiger partial charge in [-0.1, -0.05) is 59.7 Å². The molecule has 1 aromatic heterocycles. The summed E-state index contributed by atoms with van der Waals surface area (Å²) in [4.78, 5) is 30.4. The van der Waals surface area contributed by atoms with Crippen LogP contribution in [0.3, 0.4) is 0 Å². The molecule has 5 fully saturated rings. The van der Waals surface area contributed by atoms with E-state index in [1.54, 1.807) is 12.1 Å². The van der Waals surface area contributed by atoms with E-state index in [9.17, 15) is 14.7 Å². The first-order chi connectivity index (χ1) is 22.8. The van der Waals surface area contributed by atoms with Gasteiger partial charge in [-0.2, -0.15) is 0 Å². The summed E-state index contributed by atoms with van der Waals surface area (Å²) in [7, 11) is 0. The standard InChI is InChI=1S/C43H60N2O3/c1-27(2)31-18-22-43(39(48)45-26-20-30-9-7-8-25-44-30)24-23-41(5)33-16-17-36-40(3,4)32(28-10-12-29(13-11-28)38(46)47)19-21-42(36,6)34(33)14-15-35(41)37(31)43/h7-13,25,27,31-37H,14-24,26H2,1-6H3,(H,45,48)(H,46,47)/t31-,32+,33?,34-,35+,36-,37+,41-,42+,43-/m0/s1. The smallest absolute Gasteiger partial charge is 0.335 e. The number of nitrogens with zero attached hydrogens (tertiary/aromatic N) is 1. The molecule has 0 saturated heterocycles. The Morgan fingerprint density at radius 2 is 1.54 bits per heavy atom. The van der Waals surface area contributed by atoms with Crippen LogP contribution in [0.15, 0.2) is 48.7 Å². The molecule has 2 N–H and O–H groups in total. The lowest BCUT2D eigenvalue weighted by atomic mass is 9.36. The van der Waals surface area contributed by atoms with Crippen molar-refractivity contribution in [1.82, 2.24) is 10.3 Å². The topological polar surface area (TPSA) is 79.3 Å². The van der Waals surface area contributed by atoms with Crippen molar-refractivity contribution in [1.29, 1.82) is 0 Å². The van der Waals surface area contributed by atoms with Gasteiger partial charge in [-0.3, -0.25) is 9.78 Å². The van der Waals surface area contributed by atoms with Crippen molar-refractivity contribution in [2.45, 2.75) is 118 Å². The molecule has 5 aliphatic rings. The number of carbonyl (C=O) groups is 2. The number of benzene rings is 1. The van der Waals surface area contributed by atoms with Crippen molar-refractivity contribution >= 4 is 11.9 Å². The van der Waals surface area contributed by atoms with E-state index in [2.05, 4.69) is 70.0 Å². The average molecular weight is 653 g/mol. The van der Waals surface area contributed by atoms with Crippen LogP contribution in [0, 0.1) is 63.1 Å². The molecule has 0 spiro atoms. The minimum Gasteiger partial charge on any atom is -0.478 e. The maximum atomic E-state index is 14.4. The summed E-state index contributed by atoms with van der Waals surface area (Å²) in [5.41, 5.74) is 3.30. The SMILES string of the molecule is CC(C)[C@@H]1CC[C@]2(C(=O)NCCc3ccccn3)CC[C@@]3(C)C4CC[C@H]5C(C)(C)[C@@H](c6ccc(C(=O)O)cc6)CC[C@]5(C)[C@H]4CC[C@@H]3[C@@H]12. The Balaban J connectivity index is 1.12. The van der Waals surface area contributed by atoms with Crippen molar-refractivity contribution in [2.24, 2.45) is 63.1 Å². The number of amides is 1. The molecule has 48 heavy (non-hydrogen) atoms. The quantitative estimate of drug-likeness (QED) is 0.312. The van der Waals surface area contributed by atoms with E-state index in [1.807, 2.05) is 18.3 Å². The largest absolute Gasteiger partial charge is 0.478 e. The predicted molar refractivity (Wildman–Crippen MR) is 191 cm³/mol. The molecule has 10 atom stereocenters. The summed E-state index contributed by atoms with van der Waals surface area (Å²) in [5.74, 6) is 4.42. The third kappa shape index (κ3) is 5.18. The number of fused-ring (bicyclic) bond motifs is 7. The summed E-state index contributed by atoms with van der Waals surface area (Å²) in [5, 5.41) is 12.9. The number of carbonyl (C=O) groups excluding carboxylic acids is 1. The highest BCUT2D eigenvalue weighted by Crippen LogP contribution is 2.74. The minimum atomic E-state index is -0.849. The van der Waals surface area contributed by atoms with Crippen LogP contribution < -0.4 is 5.32 Å². The summed E-state index contributed by atoms with van der Waals surface area (Å²) < 4.78 is 0. The molecule has 5 nitrogen and oxygen atoms in total. The third-order valence-corrected chi connectivity index (χ3v) is 16.0. The van der Waals surface area contributed by atoms with E-state index < -0.39 is 5.97 Å². The molecule has 1 amide bonds. The maximum absolute atomic E-state index is 14.4. The molecule has 0 bridgehead atoms. The van der Waals surface area contributed by atoms with Crippen LogP contribution >= 0.6 is 0 Å². The predicted octanol–water partition coefficient (Wildman–Crippen LogP) is 9.57. The van der Waals surface area contributed by atoms with Gasteiger partial charge in [0.05, 0.1) is 11.0 Å². The first-order valence-electron chi connectivity index (χ1n) is 19.3. The molecule has 1 heterocycles. The Morgan fingerprint density at radius 3 is 2.23 bits per heavy atom. The van der Waals surface area contributed by atoms with Crippen molar-refractivity contribution in [3.63, 3.8) is 0 Å². The Bertz CT molecular complexity index is 1500. The lowest BCUT2D eigenvalue weighted by Gasteiger charge is -2.69. The Labute approximate surface area is 289 Å². The Kier molecular flexibility index (Phi) is 8.64. The molecule has 0 aliphatic heterocycles. The Morgan fingerprint density at radius 1 is 0.833 bits per heavy atom. The molecule has 5 saturated carbocycles. The van der Waals surface area contributed by atoms with Crippen molar-refractivity contribution < 1.29 is 14.7 Å². The second kappa shape index (κ2) is 12.3. The van der Waals surface area contributed by atoms with Gasteiger partial charge in [-0.15, -0.1) is 0 Å². The van der Waals surface area contributed by atoms with Crippen molar-refractivity contribution in [3.05, 3.63) is 65.5 Å². The monoisotopic (exact) mass is 652 g/mol. The summed E-state index contributed by atoms with van der Waals surface area (Å²) in [6, 6.07) is 13.8. The number of pyridine rings is 1. The summed E-state index contributed by atoms with van der Waals surface area (Å²) in [6.07, 6.45) is 14.7. The van der Waals surface area contributed by atoms with Gasteiger partial charge in [0.1, 0.15) is 0 Å². The molecular formula is C43H60N2O3. The third-order valence-electron chi connectivity index (χ3n) is 16.0. The molecule has 0 radical (unpaired) electrons. The number of hydrogen-bond donors (Lipinski definition) is 2. The lowest BCUT2D eigenvalue weighted by molar-refractivity contribution is -0.197. The van der Waals surface area contributed by atoms with E-state index in [4.69, 9.17) is 0 Å². The van der Waals surface area contributed by atoms with Gasteiger partial charge in [-0.25, -0.2) is 4.79 Å². The van der Waals surface area contributed by atoms with Crippen LogP contribution in [0.1, 0.15) is 133 Å². The van der Waals surface area contributed by atoms with E-state index in [0.717, 1.165) is 36.8 Å². The average Bonchev–Trinajstić information content (AvgIpc) is 3.46. The molecule has 1 aromatic carbocycles. The number of carboxylic acids is 1. The van der Waals surface area contributed by atoms with Gasteiger partial charge in [-0.05, 0) is 158 Å². The molecule has 5 aliphatic carbocycles. The summed E-state index contributed by atoms with van der Waals surface area (Å²) in [6.45, 7) is 15.9. The van der Waals surface area contributed by atoms with Crippen molar-refractivity contribution in [3.8, 4) is 0 Å². The van der Waals surface area contributed by atoms with Gasteiger partial charge in [0.15, 0.2) is 0 Å². The zero-order valence-electron chi connectivity index (χ0n) is 30.4. The maximum Gasteiger partial charge on any atom is 0.335 e. The fraction of sp³-hybridized carbons (Fsp3) is 0.698. The highest BCUT2D eigenvalue weighted by Gasteiger charge is 2.68. The molecule has 5 heteroatoms. The van der Waals surface area contributed by atoms with Gasteiger partial charge in [0.25, 0.3) is 0 Å². The van der Waals surface area contributed by atoms with Crippen LogP contribution in [0.4, 0.5) is 0 Å². The first kappa shape index (κ1) is 33.8. The zero-order chi connectivity index (χ0) is 34.1. The fourth-order valence-corrected chi connectivity index (χ4v) is 13.7. The second-order valence-electron chi connectivity index (χ2n) is 18.3. The number of aromatic carboxylic acids is 1. The van der Waals surface area contributed by atoms with Crippen LogP contribution in [0.25, 0.3) is 0 Å². The fourth-order valence-electron chi connectivity index (χ4n) is 13.7. The van der Waals surface area contributed by atoms with E-state index in [1.165, 1.54) is 56.9 Å². The van der Waals surface area contributed by atoms with Crippen LogP contribution in [0.5, 0.6) is 0 Å².